The zero-order chi connectivity index (χ0) is 10.2. The topological polar surface area (TPSA) is 50.7 Å². The Morgan fingerprint density at radius 3 is 2.57 bits per heavy atom. The highest BCUT2D eigenvalue weighted by Gasteiger charge is 1.94. The molecule has 0 saturated heterocycles. The zero-order valence-corrected chi connectivity index (χ0v) is 8.19. The minimum atomic E-state index is 0.0347. The first-order valence-electron chi connectivity index (χ1n) is 4.45. The van der Waals surface area contributed by atoms with Crippen LogP contribution in [0.4, 0.5) is 0 Å². The van der Waals surface area contributed by atoms with Crippen LogP contribution in [0.1, 0.15) is 5.56 Å². The van der Waals surface area contributed by atoms with Crippen LogP contribution in [0.2, 0.25) is 0 Å². The Morgan fingerprint density at radius 2 is 2.00 bits per heavy atom. The summed E-state index contributed by atoms with van der Waals surface area (Å²) in [5.41, 5.74) is 3.86. The number of nitrogens with one attached hydrogen (secondary N) is 1. The molecule has 1 aromatic rings. The van der Waals surface area contributed by atoms with Crippen molar-refractivity contribution in [1.82, 2.24) is 5.48 Å². The summed E-state index contributed by atoms with van der Waals surface area (Å²) < 4.78 is 5.21. The molecule has 0 aliphatic carbocycles. The Kier molecular flexibility index (Phi) is 4.99. The van der Waals surface area contributed by atoms with Gasteiger partial charge in [-0.15, -0.1) is 0 Å². The van der Waals surface area contributed by atoms with Crippen LogP contribution in [0, 0.1) is 0 Å². The average molecular weight is 197 g/mol. The molecule has 0 aliphatic heterocycles. The maximum absolute atomic E-state index is 8.55. The van der Waals surface area contributed by atoms with E-state index < -0.39 is 0 Å². The van der Waals surface area contributed by atoms with Crippen molar-refractivity contribution in [3.63, 3.8) is 0 Å². The number of aliphatic hydroxyl groups is 1. The Hall–Kier alpha value is -1.10. The van der Waals surface area contributed by atoms with Crippen LogP contribution in [-0.2, 0) is 11.4 Å². The van der Waals surface area contributed by atoms with Gasteiger partial charge in [0, 0.05) is 6.54 Å². The van der Waals surface area contributed by atoms with E-state index in [-0.39, 0.29) is 6.61 Å². The highest BCUT2D eigenvalue weighted by atomic mass is 16.6. The van der Waals surface area contributed by atoms with E-state index in [4.69, 9.17) is 14.7 Å². The second-order valence-corrected chi connectivity index (χ2v) is 2.74. The minimum Gasteiger partial charge on any atom is -0.491 e. The van der Waals surface area contributed by atoms with Crippen LogP contribution in [0.15, 0.2) is 24.3 Å². The summed E-state index contributed by atoms with van der Waals surface area (Å²) in [6.45, 7) is 1.03. The normalized spacial score (nSPS) is 10.1. The maximum atomic E-state index is 8.55. The van der Waals surface area contributed by atoms with Crippen molar-refractivity contribution in [2.75, 3.05) is 20.3 Å². The van der Waals surface area contributed by atoms with Gasteiger partial charge in [-0.3, -0.25) is 0 Å². The lowest BCUT2D eigenvalue weighted by Gasteiger charge is -2.05. The van der Waals surface area contributed by atoms with Gasteiger partial charge in [-0.05, 0) is 17.7 Å². The van der Waals surface area contributed by atoms with Crippen LogP contribution >= 0.6 is 0 Å². The average Bonchev–Trinajstić information content (AvgIpc) is 2.25. The Balaban J connectivity index is 2.42. The van der Waals surface area contributed by atoms with Crippen LogP contribution in [0.25, 0.3) is 0 Å². The summed E-state index contributed by atoms with van der Waals surface area (Å²) in [6, 6.07) is 7.61. The lowest BCUT2D eigenvalue weighted by molar-refractivity contribution is 0.0867. The third-order valence-electron chi connectivity index (χ3n) is 1.70. The van der Waals surface area contributed by atoms with Gasteiger partial charge in [0.25, 0.3) is 0 Å². The van der Waals surface area contributed by atoms with E-state index in [1.54, 1.807) is 7.11 Å². The maximum Gasteiger partial charge on any atom is 0.119 e. The molecule has 0 fully saturated rings. The van der Waals surface area contributed by atoms with Crippen LogP contribution < -0.4 is 10.2 Å². The first-order valence-corrected chi connectivity index (χ1v) is 4.45. The first kappa shape index (κ1) is 11.0. The number of aliphatic hydroxyl groups excluding tert-OH is 1. The molecular formula is C10H15NO3. The summed E-state index contributed by atoms with van der Waals surface area (Å²) >= 11 is 0. The largest absolute Gasteiger partial charge is 0.491 e. The Bertz CT molecular complexity index is 221. The number of rotatable bonds is 6. The van der Waals surface area contributed by atoms with E-state index in [1.165, 1.54) is 0 Å². The van der Waals surface area contributed by atoms with E-state index in [2.05, 4.69) is 5.48 Å². The molecule has 0 amide bonds. The summed E-state index contributed by atoms with van der Waals surface area (Å²) in [5, 5.41) is 8.55. The van der Waals surface area contributed by atoms with Crippen molar-refractivity contribution in [3.8, 4) is 5.75 Å². The van der Waals surface area contributed by atoms with Gasteiger partial charge in [0.2, 0.25) is 0 Å². The van der Waals surface area contributed by atoms with Crippen LogP contribution in [-0.4, -0.2) is 25.4 Å². The van der Waals surface area contributed by atoms with Crippen molar-refractivity contribution >= 4 is 0 Å². The second kappa shape index (κ2) is 6.37. The molecule has 14 heavy (non-hydrogen) atoms. The molecule has 0 spiro atoms. The molecule has 2 N–H and O–H groups in total. The van der Waals surface area contributed by atoms with E-state index >= 15 is 0 Å². The van der Waals surface area contributed by atoms with Crippen molar-refractivity contribution in [2.24, 2.45) is 0 Å². The molecular weight excluding hydrogens is 182 g/mol. The molecule has 0 bridgehead atoms. The predicted molar refractivity (Wildman–Crippen MR) is 52.9 cm³/mol. The summed E-state index contributed by atoms with van der Waals surface area (Å²) in [5.74, 6) is 0.764. The van der Waals surface area contributed by atoms with Gasteiger partial charge in [0.05, 0.1) is 13.7 Å². The molecule has 0 radical (unpaired) electrons. The highest BCUT2D eigenvalue weighted by Crippen LogP contribution is 2.11. The molecule has 0 heterocycles. The lowest BCUT2D eigenvalue weighted by atomic mass is 10.2. The van der Waals surface area contributed by atoms with Crippen molar-refractivity contribution < 1.29 is 14.7 Å². The zero-order valence-electron chi connectivity index (χ0n) is 8.19. The molecule has 0 atom stereocenters. The molecule has 4 nitrogen and oxygen atoms in total. The van der Waals surface area contributed by atoms with Gasteiger partial charge >= 0.3 is 0 Å². The van der Waals surface area contributed by atoms with E-state index in [0.717, 1.165) is 11.3 Å². The van der Waals surface area contributed by atoms with E-state index in [1.807, 2.05) is 24.3 Å². The molecule has 0 unspecified atom stereocenters. The molecule has 0 aliphatic rings. The van der Waals surface area contributed by atoms with Gasteiger partial charge in [0.1, 0.15) is 12.4 Å². The Labute approximate surface area is 83.4 Å². The number of hydrogen-bond donors (Lipinski definition) is 2. The minimum absolute atomic E-state index is 0.0347. The van der Waals surface area contributed by atoms with E-state index in [0.29, 0.717) is 13.2 Å². The fourth-order valence-corrected chi connectivity index (χ4v) is 1.02. The standard InChI is InChI=1S/C10H15NO3/c1-13-11-8-9-2-4-10(5-3-9)14-7-6-12/h2-5,11-12H,6-8H2,1H3. The lowest BCUT2D eigenvalue weighted by Crippen LogP contribution is -2.10. The molecule has 4 heteroatoms. The van der Waals surface area contributed by atoms with Gasteiger partial charge in [-0.1, -0.05) is 12.1 Å². The quantitative estimate of drug-likeness (QED) is 0.659. The third kappa shape index (κ3) is 3.74. The molecule has 78 valence electrons. The fourth-order valence-electron chi connectivity index (χ4n) is 1.02. The summed E-state index contributed by atoms with van der Waals surface area (Å²) in [4.78, 5) is 4.73. The van der Waals surface area contributed by atoms with Crippen LogP contribution in [0.3, 0.4) is 0 Å². The fraction of sp³-hybridized carbons (Fsp3) is 0.400. The van der Waals surface area contributed by atoms with Crippen molar-refractivity contribution in [1.29, 1.82) is 0 Å². The summed E-state index contributed by atoms with van der Waals surface area (Å²) in [6.07, 6.45) is 0. The van der Waals surface area contributed by atoms with E-state index in [9.17, 15) is 0 Å². The van der Waals surface area contributed by atoms with Crippen LogP contribution in [0.5, 0.6) is 5.75 Å². The van der Waals surface area contributed by atoms with Gasteiger partial charge < -0.3 is 14.7 Å². The second-order valence-electron chi connectivity index (χ2n) is 2.74. The molecule has 0 aromatic heterocycles. The van der Waals surface area contributed by atoms with Gasteiger partial charge in [-0.2, -0.15) is 5.48 Å². The van der Waals surface area contributed by atoms with Gasteiger partial charge in [-0.25, -0.2) is 0 Å². The highest BCUT2D eigenvalue weighted by molar-refractivity contribution is 5.27. The number of hydrogen-bond acceptors (Lipinski definition) is 4. The summed E-state index contributed by atoms with van der Waals surface area (Å²) in [7, 11) is 1.58. The predicted octanol–water partition coefficient (Wildman–Crippen LogP) is 0.709. The third-order valence-corrected chi connectivity index (χ3v) is 1.70. The van der Waals surface area contributed by atoms with Gasteiger partial charge in [0.15, 0.2) is 0 Å². The Morgan fingerprint density at radius 1 is 1.29 bits per heavy atom. The van der Waals surface area contributed by atoms with Crippen molar-refractivity contribution in [2.45, 2.75) is 6.54 Å². The number of hydroxylamine groups is 1. The smallest absolute Gasteiger partial charge is 0.119 e. The first-order chi connectivity index (χ1) is 6.86. The molecule has 1 rings (SSSR count). The molecule has 1 aromatic carbocycles. The molecule has 0 saturated carbocycles. The van der Waals surface area contributed by atoms with Crippen molar-refractivity contribution in [3.05, 3.63) is 29.8 Å². The number of ether oxygens (including phenoxy) is 1. The number of benzene rings is 1. The monoisotopic (exact) mass is 197 g/mol. The SMILES string of the molecule is CONCc1ccc(OCCO)cc1.